The van der Waals surface area contributed by atoms with Crippen molar-refractivity contribution in [2.24, 2.45) is 5.92 Å². The van der Waals surface area contributed by atoms with Crippen LogP contribution in [0.2, 0.25) is 0 Å². The molecule has 1 saturated heterocycles. The van der Waals surface area contributed by atoms with Crippen molar-refractivity contribution >= 4 is 7.60 Å². The van der Waals surface area contributed by atoms with Gasteiger partial charge in [0.1, 0.15) is 6.10 Å². The van der Waals surface area contributed by atoms with Gasteiger partial charge in [-0.05, 0) is 31.9 Å². The Hall–Kier alpha value is -0.970. The van der Waals surface area contributed by atoms with E-state index in [4.69, 9.17) is 19.3 Å². The van der Waals surface area contributed by atoms with E-state index in [0.29, 0.717) is 0 Å². The summed E-state index contributed by atoms with van der Waals surface area (Å²) in [7, 11) is -4.21. The molecule has 6 heteroatoms. The minimum absolute atomic E-state index is 0.0122. The van der Waals surface area contributed by atoms with Gasteiger partial charge in [0.05, 0.1) is 18.3 Å². The van der Waals surface area contributed by atoms with Crippen molar-refractivity contribution in [1.82, 2.24) is 0 Å². The van der Waals surface area contributed by atoms with Gasteiger partial charge in [0.25, 0.3) is 0 Å². The molecule has 0 saturated carbocycles. The van der Waals surface area contributed by atoms with E-state index in [1.165, 1.54) is 6.08 Å². The standard InChI is InChI=1S/C17H25O5P/c1-4-14-16(13-8-6-5-7-9-13)22-15(10-11-23(18,19)20)17(14)21-12(2)3/h5-12,14-17H,4H2,1-3H3,(H2,18,19,20)/b11-10+/t14-,15+,16-,17-/m0/s1. The largest absolute Gasteiger partial charge is 0.372 e. The second-order valence-corrected chi connectivity index (χ2v) is 7.56. The molecular formula is C17H25O5P. The summed E-state index contributed by atoms with van der Waals surface area (Å²) in [5, 5.41) is 0. The number of hydrogen-bond donors (Lipinski definition) is 2. The fraction of sp³-hybridized carbons (Fsp3) is 0.529. The highest BCUT2D eigenvalue weighted by atomic mass is 31.2. The first-order chi connectivity index (χ1) is 10.8. The number of ether oxygens (including phenoxy) is 2. The maximum atomic E-state index is 11.1. The van der Waals surface area contributed by atoms with Crippen molar-refractivity contribution < 1.29 is 23.8 Å². The third-order valence-corrected chi connectivity index (χ3v) is 4.50. The van der Waals surface area contributed by atoms with Crippen LogP contribution in [-0.2, 0) is 14.0 Å². The molecule has 4 atom stereocenters. The van der Waals surface area contributed by atoms with Gasteiger partial charge in [0.15, 0.2) is 0 Å². The van der Waals surface area contributed by atoms with Crippen molar-refractivity contribution in [2.75, 3.05) is 0 Å². The summed E-state index contributed by atoms with van der Waals surface area (Å²) < 4.78 is 23.3. The average molecular weight is 340 g/mol. The molecule has 5 nitrogen and oxygen atoms in total. The summed E-state index contributed by atoms with van der Waals surface area (Å²) >= 11 is 0. The molecule has 0 aliphatic carbocycles. The van der Waals surface area contributed by atoms with Crippen LogP contribution in [0.5, 0.6) is 0 Å². The maximum absolute atomic E-state index is 11.1. The Morgan fingerprint density at radius 3 is 2.48 bits per heavy atom. The van der Waals surface area contributed by atoms with Crippen molar-refractivity contribution in [1.29, 1.82) is 0 Å². The van der Waals surface area contributed by atoms with Crippen LogP contribution in [0, 0.1) is 5.92 Å². The van der Waals surface area contributed by atoms with Crippen LogP contribution in [0.3, 0.4) is 0 Å². The lowest BCUT2D eigenvalue weighted by Crippen LogP contribution is -2.31. The lowest BCUT2D eigenvalue weighted by molar-refractivity contribution is -0.0350. The molecular weight excluding hydrogens is 315 g/mol. The first kappa shape index (κ1) is 18.4. The second-order valence-electron chi connectivity index (χ2n) is 6.08. The molecule has 1 aromatic rings. The molecule has 1 aromatic carbocycles. The highest BCUT2D eigenvalue weighted by Gasteiger charge is 2.44. The van der Waals surface area contributed by atoms with Crippen LogP contribution in [0.15, 0.2) is 42.2 Å². The average Bonchev–Trinajstić information content (AvgIpc) is 2.82. The van der Waals surface area contributed by atoms with Crippen LogP contribution >= 0.6 is 7.60 Å². The fourth-order valence-electron chi connectivity index (χ4n) is 3.02. The minimum atomic E-state index is -4.21. The van der Waals surface area contributed by atoms with Gasteiger partial charge in [-0.1, -0.05) is 37.3 Å². The van der Waals surface area contributed by atoms with Crippen molar-refractivity contribution in [3.05, 3.63) is 47.8 Å². The van der Waals surface area contributed by atoms with E-state index in [2.05, 4.69) is 6.92 Å². The van der Waals surface area contributed by atoms with Gasteiger partial charge in [0, 0.05) is 11.7 Å². The SMILES string of the molecule is CC[C@@H]1[C@H](OC(C)C)[C@@H](/C=C/P(=O)(O)O)O[C@H]1c1ccccc1. The lowest BCUT2D eigenvalue weighted by Gasteiger charge is -2.24. The zero-order valence-corrected chi connectivity index (χ0v) is 14.6. The second kappa shape index (κ2) is 7.73. The van der Waals surface area contributed by atoms with Gasteiger partial charge >= 0.3 is 7.60 Å². The molecule has 1 aliphatic rings. The molecule has 0 spiro atoms. The molecule has 0 radical (unpaired) electrons. The molecule has 1 aliphatic heterocycles. The Morgan fingerprint density at radius 2 is 1.96 bits per heavy atom. The van der Waals surface area contributed by atoms with E-state index in [-0.39, 0.29) is 24.2 Å². The number of rotatable bonds is 6. The zero-order chi connectivity index (χ0) is 17.0. The van der Waals surface area contributed by atoms with E-state index in [9.17, 15) is 4.57 Å². The monoisotopic (exact) mass is 340 g/mol. The Morgan fingerprint density at radius 1 is 1.30 bits per heavy atom. The Bertz CT molecular complexity index is 566. The van der Waals surface area contributed by atoms with Crippen LogP contribution in [0.4, 0.5) is 0 Å². The first-order valence-electron chi connectivity index (χ1n) is 7.92. The van der Waals surface area contributed by atoms with Gasteiger partial charge < -0.3 is 19.3 Å². The van der Waals surface area contributed by atoms with E-state index >= 15 is 0 Å². The third kappa shape index (κ3) is 5.00. The quantitative estimate of drug-likeness (QED) is 0.773. The molecule has 0 amide bonds. The predicted octanol–water partition coefficient (Wildman–Crippen LogP) is 3.64. The highest BCUT2D eigenvalue weighted by Crippen LogP contribution is 2.44. The summed E-state index contributed by atoms with van der Waals surface area (Å²) in [5.41, 5.74) is 1.06. The molecule has 1 fully saturated rings. The summed E-state index contributed by atoms with van der Waals surface area (Å²) in [4.78, 5) is 18.2. The van der Waals surface area contributed by atoms with Crippen LogP contribution in [-0.4, -0.2) is 28.1 Å². The van der Waals surface area contributed by atoms with Crippen LogP contribution < -0.4 is 0 Å². The summed E-state index contributed by atoms with van der Waals surface area (Å²) in [6, 6.07) is 9.89. The molecule has 0 bridgehead atoms. The zero-order valence-electron chi connectivity index (χ0n) is 13.7. The topological polar surface area (TPSA) is 76.0 Å². The third-order valence-electron chi connectivity index (χ3n) is 3.94. The van der Waals surface area contributed by atoms with E-state index in [1.54, 1.807) is 0 Å². The lowest BCUT2D eigenvalue weighted by atomic mass is 9.89. The molecule has 23 heavy (non-hydrogen) atoms. The summed E-state index contributed by atoms with van der Waals surface area (Å²) in [5.74, 6) is 1.04. The van der Waals surface area contributed by atoms with Crippen molar-refractivity contribution in [3.8, 4) is 0 Å². The Labute approximate surface area is 137 Å². The van der Waals surface area contributed by atoms with Gasteiger partial charge in [-0.25, -0.2) is 0 Å². The number of benzene rings is 1. The van der Waals surface area contributed by atoms with Crippen molar-refractivity contribution in [2.45, 2.75) is 51.6 Å². The molecule has 2 N–H and O–H groups in total. The van der Waals surface area contributed by atoms with Gasteiger partial charge in [-0.15, -0.1) is 0 Å². The smallest absolute Gasteiger partial charge is 0.348 e. The Kier molecular flexibility index (Phi) is 6.18. The molecule has 0 unspecified atom stereocenters. The van der Waals surface area contributed by atoms with Gasteiger partial charge in [-0.2, -0.15) is 0 Å². The van der Waals surface area contributed by atoms with E-state index in [0.717, 1.165) is 17.8 Å². The van der Waals surface area contributed by atoms with Gasteiger partial charge in [-0.3, -0.25) is 4.57 Å². The molecule has 128 valence electrons. The normalized spacial score (nSPS) is 28.8. The highest BCUT2D eigenvalue weighted by molar-refractivity contribution is 7.55. The summed E-state index contributed by atoms with van der Waals surface area (Å²) in [6.45, 7) is 5.98. The maximum Gasteiger partial charge on any atom is 0.348 e. The predicted molar refractivity (Wildman–Crippen MR) is 89.0 cm³/mol. The van der Waals surface area contributed by atoms with Crippen LogP contribution in [0.1, 0.15) is 38.9 Å². The van der Waals surface area contributed by atoms with Crippen LogP contribution in [0.25, 0.3) is 0 Å². The van der Waals surface area contributed by atoms with Gasteiger partial charge in [0.2, 0.25) is 0 Å². The number of hydrogen-bond acceptors (Lipinski definition) is 3. The molecule has 1 heterocycles. The van der Waals surface area contributed by atoms with E-state index < -0.39 is 13.7 Å². The molecule has 2 rings (SSSR count). The van der Waals surface area contributed by atoms with Crippen molar-refractivity contribution in [3.63, 3.8) is 0 Å². The summed E-state index contributed by atoms with van der Waals surface area (Å²) in [6.07, 6.45) is 1.47. The Balaban J connectivity index is 2.29. The molecule has 0 aromatic heterocycles. The fourth-order valence-corrected chi connectivity index (χ4v) is 3.42. The minimum Gasteiger partial charge on any atom is -0.372 e. The first-order valence-corrected chi connectivity index (χ1v) is 9.60. The van der Waals surface area contributed by atoms with E-state index in [1.807, 2.05) is 44.2 Å².